The number of pyridine rings is 1. The van der Waals surface area contributed by atoms with Crippen LogP contribution in [0.4, 0.5) is 5.69 Å². The third-order valence-electron chi connectivity index (χ3n) is 6.37. The molecule has 1 aromatic carbocycles. The summed E-state index contributed by atoms with van der Waals surface area (Å²) < 4.78 is 0. The molecule has 0 bridgehead atoms. The van der Waals surface area contributed by atoms with Gasteiger partial charge in [-0.1, -0.05) is 44.5 Å². The van der Waals surface area contributed by atoms with Gasteiger partial charge in [-0.05, 0) is 41.2 Å². The van der Waals surface area contributed by atoms with Crippen LogP contribution in [0.2, 0.25) is 5.02 Å². The summed E-state index contributed by atoms with van der Waals surface area (Å²) in [4.78, 5) is 33.1. The summed E-state index contributed by atoms with van der Waals surface area (Å²) in [6.07, 6.45) is 4.19. The Balaban J connectivity index is 1.99. The molecule has 2 aliphatic rings. The van der Waals surface area contributed by atoms with E-state index >= 15 is 0 Å². The van der Waals surface area contributed by atoms with Crippen molar-refractivity contribution in [2.45, 2.75) is 50.6 Å². The topological polar surface area (TPSA) is 74.3 Å². The van der Waals surface area contributed by atoms with Crippen LogP contribution < -0.4 is 10.6 Å². The molecule has 0 radical (unpaired) electrons. The average Bonchev–Trinajstić information content (AvgIpc) is 3.16. The molecule has 4 atom stereocenters. The van der Waals surface area contributed by atoms with E-state index in [1.165, 1.54) is 0 Å². The van der Waals surface area contributed by atoms with Gasteiger partial charge in [0.2, 0.25) is 11.8 Å². The van der Waals surface area contributed by atoms with Gasteiger partial charge in [0.1, 0.15) is 5.41 Å². The van der Waals surface area contributed by atoms with Crippen LogP contribution in [0.1, 0.15) is 44.2 Å². The Morgan fingerprint density at radius 3 is 2.61 bits per heavy atom. The summed E-state index contributed by atoms with van der Waals surface area (Å²) >= 11 is 6.25. The summed E-state index contributed by atoms with van der Waals surface area (Å²) in [5.41, 5.74) is 1.45. The van der Waals surface area contributed by atoms with E-state index < -0.39 is 17.4 Å². The molecule has 1 fully saturated rings. The lowest BCUT2D eigenvalue weighted by molar-refractivity contribution is -0.131. The molecule has 7 heteroatoms. The van der Waals surface area contributed by atoms with E-state index in [0.717, 1.165) is 17.5 Å². The van der Waals surface area contributed by atoms with Crippen molar-refractivity contribution in [3.8, 4) is 0 Å². The van der Waals surface area contributed by atoms with Crippen LogP contribution in [0.15, 0.2) is 42.7 Å². The number of fused-ring (bicyclic) bond motifs is 2. The van der Waals surface area contributed by atoms with Crippen LogP contribution >= 0.6 is 11.6 Å². The number of aromatic nitrogens is 1. The third kappa shape index (κ3) is 3.52. The quantitative estimate of drug-likeness (QED) is 0.765. The minimum absolute atomic E-state index is 0.0557. The van der Waals surface area contributed by atoms with Crippen LogP contribution in [-0.2, 0) is 15.0 Å². The molecule has 4 unspecified atom stereocenters. The highest BCUT2D eigenvalue weighted by Gasteiger charge is 2.65. The van der Waals surface area contributed by atoms with E-state index in [1.807, 2.05) is 24.3 Å². The molecule has 0 saturated carbocycles. The lowest BCUT2D eigenvalue weighted by atomic mass is 9.62. The molecule has 2 amide bonds. The largest absolute Gasteiger partial charge is 0.347 e. The molecule has 1 spiro atoms. The first-order chi connectivity index (χ1) is 14.6. The first-order valence-electron chi connectivity index (χ1n) is 10.5. The van der Waals surface area contributed by atoms with Crippen molar-refractivity contribution in [3.63, 3.8) is 0 Å². The summed E-state index contributed by atoms with van der Waals surface area (Å²) in [7, 11) is 3.49. The zero-order chi connectivity index (χ0) is 22.6. The van der Waals surface area contributed by atoms with Crippen molar-refractivity contribution in [3.05, 3.63) is 58.9 Å². The van der Waals surface area contributed by atoms with Crippen LogP contribution in [-0.4, -0.2) is 47.9 Å². The number of amides is 2. The van der Waals surface area contributed by atoms with Gasteiger partial charge in [0.15, 0.2) is 0 Å². The van der Waals surface area contributed by atoms with Gasteiger partial charge in [-0.25, -0.2) is 0 Å². The molecular weight excluding hydrogens is 412 g/mol. The highest BCUT2D eigenvalue weighted by atomic mass is 35.5. The second kappa shape index (κ2) is 7.61. The Hall–Kier alpha value is -2.44. The summed E-state index contributed by atoms with van der Waals surface area (Å²) in [5.74, 6) is -0.569. The number of halogens is 1. The van der Waals surface area contributed by atoms with Gasteiger partial charge in [0, 0.05) is 49.2 Å². The van der Waals surface area contributed by atoms with Crippen molar-refractivity contribution in [1.82, 2.24) is 15.2 Å². The first-order valence-corrected chi connectivity index (χ1v) is 10.9. The Bertz CT molecular complexity index is 1020. The number of likely N-dealkylation sites (N-methyl/N-ethyl adjacent to an activating group) is 1. The first kappa shape index (κ1) is 21.8. The summed E-state index contributed by atoms with van der Waals surface area (Å²) in [6, 6.07) is 8.55. The van der Waals surface area contributed by atoms with Gasteiger partial charge < -0.3 is 15.5 Å². The van der Waals surface area contributed by atoms with Gasteiger partial charge >= 0.3 is 0 Å². The van der Waals surface area contributed by atoms with Gasteiger partial charge in [-0.3, -0.25) is 14.6 Å². The number of hydrogen-bond acceptors (Lipinski definition) is 4. The molecule has 6 nitrogen and oxygen atoms in total. The lowest BCUT2D eigenvalue weighted by Gasteiger charge is -2.37. The van der Waals surface area contributed by atoms with E-state index in [9.17, 15) is 9.59 Å². The minimum atomic E-state index is -0.952. The number of carbonyl (C=O) groups excluding carboxylic acids is 2. The van der Waals surface area contributed by atoms with Crippen molar-refractivity contribution >= 4 is 29.1 Å². The molecule has 2 aliphatic heterocycles. The highest BCUT2D eigenvalue weighted by Crippen LogP contribution is 2.56. The van der Waals surface area contributed by atoms with Gasteiger partial charge in [0.25, 0.3) is 0 Å². The van der Waals surface area contributed by atoms with Crippen molar-refractivity contribution in [2.24, 2.45) is 5.41 Å². The normalized spacial score (nSPS) is 27.3. The molecule has 164 valence electrons. The van der Waals surface area contributed by atoms with Gasteiger partial charge in [-0.15, -0.1) is 0 Å². The minimum Gasteiger partial charge on any atom is -0.347 e. The number of anilines is 1. The summed E-state index contributed by atoms with van der Waals surface area (Å²) in [6.45, 7) is 6.45. The lowest BCUT2D eigenvalue weighted by Crippen LogP contribution is -2.49. The maximum Gasteiger partial charge on any atom is 0.239 e. The monoisotopic (exact) mass is 440 g/mol. The van der Waals surface area contributed by atoms with E-state index in [-0.39, 0.29) is 23.3 Å². The molecular formula is C24H29ClN4O2. The fourth-order valence-electron chi connectivity index (χ4n) is 5.25. The van der Waals surface area contributed by atoms with E-state index in [4.69, 9.17) is 11.6 Å². The molecule has 4 rings (SSSR count). The predicted molar refractivity (Wildman–Crippen MR) is 122 cm³/mol. The van der Waals surface area contributed by atoms with Crippen LogP contribution in [0, 0.1) is 5.41 Å². The van der Waals surface area contributed by atoms with Crippen LogP contribution in [0.3, 0.4) is 0 Å². The van der Waals surface area contributed by atoms with E-state index in [1.54, 1.807) is 37.5 Å². The Kier molecular flexibility index (Phi) is 5.34. The van der Waals surface area contributed by atoms with Gasteiger partial charge in [0.05, 0.1) is 6.04 Å². The Labute approximate surface area is 188 Å². The van der Waals surface area contributed by atoms with Crippen molar-refractivity contribution in [1.29, 1.82) is 0 Å². The number of hydrogen-bond donors (Lipinski definition) is 2. The number of carbonyl (C=O) groups is 2. The Morgan fingerprint density at radius 2 is 2.00 bits per heavy atom. The SMILES string of the molecule is CN(C)C(=O)C1NC(CC(C)(C)C)C2(C(=O)Nc3cc(Cl)ccc32)C1c1cccnc1. The molecule has 2 N–H and O–H groups in total. The van der Waals surface area contributed by atoms with Crippen molar-refractivity contribution < 1.29 is 9.59 Å². The third-order valence-corrected chi connectivity index (χ3v) is 6.61. The second-order valence-corrected chi connectivity index (χ2v) is 10.4. The zero-order valence-corrected chi connectivity index (χ0v) is 19.3. The standard InChI is InChI=1S/C24H29ClN4O2/c1-23(2,3)12-18-24(16-9-8-15(25)11-17(16)27-22(24)31)19(14-7-6-10-26-13-14)20(28-18)21(30)29(4)5/h6-11,13,18-20,28H,12H2,1-5H3,(H,27,31). The van der Waals surface area contributed by atoms with Crippen molar-refractivity contribution in [2.75, 3.05) is 19.4 Å². The molecule has 1 saturated heterocycles. The van der Waals surface area contributed by atoms with Crippen LogP contribution in [0.25, 0.3) is 0 Å². The second-order valence-electron chi connectivity index (χ2n) is 9.97. The molecule has 3 heterocycles. The van der Waals surface area contributed by atoms with E-state index in [2.05, 4.69) is 36.4 Å². The number of rotatable bonds is 3. The zero-order valence-electron chi connectivity index (χ0n) is 18.6. The van der Waals surface area contributed by atoms with Gasteiger partial charge in [-0.2, -0.15) is 0 Å². The molecule has 2 aromatic rings. The predicted octanol–water partition coefficient (Wildman–Crippen LogP) is 3.57. The fourth-order valence-corrected chi connectivity index (χ4v) is 5.42. The fraction of sp³-hybridized carbons (Fsp3) is 0.458. The van der Waals surface area contributed by atoms with E-state index in [0.29, 0.717) is 10.7 Å². The number of nitrogens with one attached hydrogen (secondary N) is 2. The maximum atomic E-state index is 13.8. The average molecular weight is 441 g/mol. The molecule has 31 heavy (non-hydrogen) atoms. The summed E-state index contributed by atoms with van der Waals surface area (Å²) in [5, 5.41) is 7.21. The maximum absolute atomic E-state index is 13.8. The number of nitrogens with zero attached hydrogens (tertiary/aromatic N) is 2. The highest BCUT2D eigenvalue weighted by molar-refractivity contribution is 6.31. The Morgan fingerprint density at radius 1 is 1.26 bits per heavy atom. The number of benzene rings is 1. The smallest absolute Gasteiger partial charge is 0.239 e. The van der Waals surface area contributed by atoms with Crippen LogP contribution in [0.5, 0.6) is 0 Å². The molecule has 1 aromatic heterocycles. The molecule has 0 aliphatic carbocycles.